The molecular weight excluding hydrogens is 255 g/mol. The highest BCUT2D eigenvalue weighted by Gasteiger charge is 2.12. The van der Waals surface area contributed by atoms with E-state index in [1.807, 2.05) is 20.8 Å². The van der Waals surface area contributed by atoms with Crippen molar-refractivity contribution in [2.45, 2.75) is 32.9 Å². The van der Waals surface area contributed by atoms with Gasteiger partial charge in [-0.1, -0.05) is 11.6 Å². The second-order valence-corrected chi connectivity index (χ2v) is 5.62. The van der Waals surface area contributed by atoms with Crippen molar-refractivity contribution in [1.29, 1.82) is 0 Å². The summed E-state index contributed by atoms with van der Waals surface area (Å²) in [7, 11) is 0. The minimum absolute atomic E-state index is 0.0926. The second kappa shape index (κ2) is 6.16. The van der Waals surface area contributed by atoms with Gasteiger partial charge in [-0.05, 0) is 44.5 Å². The fourth-order valence-corrected chi connectivity index (χ4v) is 1.74. The first kappa shape index (κ1) is 14.9. The molecule has 3 nitrogen and oxygen atoms in total. The topological polar surface area (TPSA) is 41.1 Å². The predicted octanol–water partition coefficient (Wildman–Crippen LogP) is 2.48. The zero-order valence-corrected chi connectivity index (χ0v) is 11.6. The Morgan fingerprint density at radius 2 is 2.00 bits per heavy atom. The molecule has 0 saturated heterocycles. The zero-order chi connectivity index (χ0) is 13.8. The Morgan fingerprint density at radius 1 is 1.33 bits per heavy atom. The van der Waals surface area contributed by atoms with E-state index in [0.717, 1.165) is 0 Å². The summed E-state index contributed by atoms with van der Waals surface area (Å²) in [5.41, 5.74) is 0.463. The Morgan fingerprint density at radius 3 is 2.56 bits per heavy atom. The van der Waals surface area contributed by atoms with Crippen molar-refractivity contribution in [3.63, 3.8) is 0 Å². The highest BCUT2D eigenvalue weighted by Crippen LogP contribution is 2.13. The van der Waals surface area contributed by atoms with Gasteiger partial charge in [-0.3, -0.25) is 4.79 Å². The summed E-state index contributed by atoms with van der Waals surface area (Å²) in [5.74, 6) is -0.469. The molecule has 0 aliphatic carbocycles. The van der Waals surface area contributed by atoms with Crippen LogP contribution in [0.3, 0.4) is 0 Å². The van der Waals surface area contributed by atoms with E-state index in [2.05, 4.69) is 10.6 Å². The Kier molecular flexibility index (Phi) is 5.11. The lowest BCUT2D eigenvalue weighted by molar-refractivity contribution is -0.121. The van der Waals surface area contributed by atoms with Gasteiger partial charge in [0.15, 0.2) is 0 Å². The van der Waals surface area contributed by atoms with Gasteiger partial charge in [0.25, 0.3) is 0 Å². The quantitative estimate of drug-likeness (QED) is 0.884. The smallest absolute Gasteiger partial charge is 0.234 e. The molecule has 0 bridgehead atoms. The Balaban J connectivity index is 2.40. The second-order valence-electron chi connectivity index (χ2n) is 5.18. The van der Waals surface area contributed by atoms with Gasteiger partial charge in [-0.25, -0.2) is 4.39 Å². The van der Waals surface area contributed by atoms with Gasteiger partial charge < -0.3 is 10.6 Å². The molecule has 18 heavy (non-hydrogen) atoms. The van der Waals surface area contributed by atoms with Crippen LogP contribution in [0.4, 0.5) is 4.39 Å². The number of benzene rings is 1. The first-order chi connectivity index (χ1) is 8.26. The van der Waals surface area contributed by atoms with Crippen LogP contribution >= 0.6 is 11.6 Å². The van der Waals surface area contributed by atoms with Crippen LogP contribution < -0.4 is 10.6 Å². The molecule has 100 valence electrons. The van der Waals surface area contributed by atoms with Crippen molar-refractivity contribution in [3.8, 4) is 0 Å². The summed E-state index contributed by atoms with van der Waals surface area (Å²) in [5, 5.41) is 6.12. The minimum atomic E-state index is -0.376. The molecule has 0 heterocycles. The summed E-state index contributed by atoms with van der Waals surface area (Å²) < 4.78 is 13.0. The molecule has 0 atom stereocenters. The number of amides is 1. The van der Waals surface area contributed by atoms with Crippen molar-refractivity contribution in [2.75, 3.05) is 6.54 Å². The molecule has 5 heteroatoms. The monoisotopic (exact) mass is 272 g/mol. The maximum atomic E-state index is 13.0. The highest BCUT2D eigenvalue weighted by molar-refractivity contribution is 6.30. The lowest BCUT2D eigenvalue weighted by Crippen LogP contribution is -2.44. The number of nitrogens with one attached hydrogen (secondary N) is 2. The molecule has 0 spiro atoms. The standard InChI is InChI=1S/C13H18ClFN2O/c1-13(2,3)17-12(18)8-16-7-9-4-10(14)6-11(15)5-9/h4-6,16H,7-8H2,1-3H3,(H,17,18). The molecule has 0 saturated carbocycles. The van der Waals surface area contributed by atoms with Crippen LogP contribution in [0.2, 0.25) is 5.02 Å². The molecule has 0 fully saturated rings. The summed E-state index contributed by atoms with van der Waals surface area (Å²) in [6.07, 6.45) is 0. The number of carbonyl (C=O) groups is 1. The molecule has 1 rings (SSSR count). The summed E-state index contributed by atoms with van der Waals surface area (Å²) >= 11 is 5.73. The highest BCUT2D eigenvalue weighted by atomic mass is 35.5. The third-order valence-corrected chi connectivity index (χ3v) is 2.27. The molecule has 2 N–H and O–H groups in total. The molecule has 0 unspecified atom stereocenters. The van der Waals surface area contributed by atoms with E-state index in [0.29, 0.717) is 17.1 Å². The SMILES string of the molecule is CC(C)(C)NC(=O)CNCc1cc(F)cc(Cl)c1. The third-order valence-electron chi connectivity index (χ3n) is 2.05. The van der Waals surface area contributed by atoms with Crippen LogP contribution in [0.25, 0.3) is 0 Å². The molecule has 0 radical (unpaired) electrons. The molecule has 1 amide bonds. The van der Waals surface area contributed by atoms with Crippen molar-refractivity contribution in [3.05, 3.63) is 34.6 Å². The first-order valence-corrected chi connectivity index (χ1v) is 6.11. The zero-order valence-electron chi connectivity index (χ0n) is 10.8. The average molecular weight is 273 g/mol. The van der Waals surface area contributed by atoms with Gasteiger partial charge in [-0.15, -0.1) is 0 Å². The van der Waals surface area contributed by atoms with Crippen molar-refractivity contribution in [1.82, 2.24) is 10.6 Å². The van der Waals surface area contributed by atoms with Gasteiger partial charge in [0, 0.05) is 17.1 Å². The van der Waals surface area contributed by atoms with Crippen LogP contribution in [-0.2, 0) is 11.3 Å². The first-order valence-electron chi connectivity index (χ1n) is 5.73. The fraction of sp³-hybridized carbons (Fsp3) is 0.462. The van der Waals surface area contributed by atoms with Gasteiger partial charge >= 0.3 is 0 Å². The van der Waals surface area contributed by atoms with Gasteiger partial charge in [0.05, 0.1) is 6.54 Å². The van der Waals surface area contributed by atoms with Crippen molar-refractivity contribution < 1.29 is 9.18 Å². The molecular formula is C13H18ClFN2O. The largest absolute Gasteiger partial charge is 0.350 e. The Hall–Kier alpha value is -1.13. The van der Waals surface area contributed by atoms with Crippen LogP contribution in [0.15, 0.2) is 18.2 Å². The van der Waals surface area contributed by atoms with E-state index in [4.69, 9.17) is 11.6 Å². The maximum Gasteiger partial charge on any atom is 0.234 e. The van der Waals surface area contributed by atoms with Crippen LogP contribution in [0.1, 0.15) is 26.3 Å². The number of halogens is 2. The number of hydrogen-bond donors (Lipinski definition) is 2. The number of hydrogen-bond acceptors (Lipinski definition) is 2. The molecule has 0 aliphatic heterocycles. The molecule has 0 aliphatic rings. The van der Waals surface area contributed by atoms with E-state index in [1.165, 1.54) is 12.1 Å². The van der Waals surface area contributed by atoms with E-state index in [-0.39, 0.29) is 23.8 Å². The van der Waals surface area contributed by atoms with Crippen molar-refractivity contribution in [2.24, 2.45) is 0 Å². The van der Waals surface area contributed by atoms with E-state index >= 15 is 0 Å². The predicted molar refractivity (Wildman–Crippen MR) is 71.0 cm³/mol. The van der Waals surface area contributed by atoms with E-state index in [9.17, 15) is 9.18 Å². The lowest BCUT2D eigenvalue weighted by atomic mass is 10.1. The lowest BCUT2D eigenvalue weighted by Gasteiger charge is -2.20. The minimum Gasteiger partial charge on any atom is -0.350 e. The van der Waals surface area contributed by atoms with Crippen LogP contribution in [0, 0.1) is 5.82 Å². The van der Waals surface area contributed by atoms with Gasteiger partial charge in [0.2, 0.25) is 5.91 Å². The Labute approximate surface area is 112 Å². The normalized spacial score (nSPS) is 11.4. The summed E-state index contributed by atoms with van der Waals surface area (Å²) in [4.78, 5) is 11.5. The van der Waals surface area contributed by atoms with Gasteiger partial charge in [0.1, 0.15) is 5.82 Å². The van der Waals surface area contributed by atoms with E-state index < -0.39 is 0 Å². The average Bonchev–Trinajstić information content (AvgIpc) is 2.12. The summed E-state index contributed by atoms with van der Waals surface area (Å²) in [6.45, 7) is 6.33. The van der Waals surface area contributed by atoms with Crippen molar-refractivity contribution >= 4 is 17.5 Å². The fourth-order valence-electron chi connectivity index (χ4n) is 1.50. The Bertz CT molecular complexity index is 409. The van der Waals surface area contributed by atoms with Crippen LogP contribution in [-0.4, -0.2) is 18.0 Å². The number of rotatable bonds is 4. The third kappa shape index (κ3) is 5.98. The molecule has 1 aromatic carbocycles. The molecule has 1 aromatic rings. The number of carbonyl (C=O) groups excluding carboxylic acids is 1. The van der Waals surface area contributed by atoms with E-state index in [1.54, 1.807) is 6.07 Å². The summed E-state index contributed by atoms with van der Waals surface area (Å²) in [6, 6.07) is 4.30. The van der Waals surface area contributed by atoms with Crippen LogP contribution in [0.5, 0.6) is 0 Å². The van der Waals surface area contributed by atoms with Gasteiger partial charge in [-0.2, -0.15) is 0 Å². The maximum absolute atomic E-state index is 13.0. The molecule has 0 aromatic heterocycles.